The molecule has 0 aliphatic carbocycles. The van der Waals surface area contributed by atoms with Crippen LogP contribution in [0, 0.1) is 5.82 Å². The van der Waals surface area contributed by atoms with Crippen LogP contribution < -0.4 is 5.32 Å². The van der Waals surface area contributed by atoms with Crippen molar-refractivity contribution >= 4 is 17.7 Å². The predicted molar refractivity (Wildman–Crippen MR) is 78.8 cm³/mol. The largest absolute Gasteiger partial charge is 0.354 e. The smallest absolute Gasteiger partial charge is 0.241 e. The molecule has 0 saturated heterocycles. The summed E-state index contributed by atoms with van der Waals surface area (Å²) in [5, 5.41) is 2.90. The Kier molecular flexibility index (Phi) is 6.87. The molecule has 0 aliphatic rings. The summed E-state index contributed by atoms with van der Waals surface area (Å²) in [4.78, 5) is 14.0. The van der Waals surface area contributed by atoms with Gasteiger partial charge >= 0.3 is 0 Å². The van der Waals surface area contributed by atoms with Gasteiger partial charge in [-0.2, -0.15) is 11.8 Å². The highest BCUT2D eigenvalue weighted by Crippen LogP contribution is 2.19. The van der Waals surface area contributed by atoms with Crippen LogP contribution in [0.2, 0.25) is 0 Å². The van der Waals surface area contributed by atoms with Crippen molar-refractivity contribution in [2.24, 2.45) is 0 Å². The SMILES string of the molecule is CSCCCNC(=O)C(c1cccc(F)c1)N(C)C. The molecule has 0 saturated carbocycles. The first kappa shape index (κ1) is 16.0. The Morgan fingerprint density at radius 2 is 2.21 bits per heavy atom. The Morgan fingerprint density at radius 3 is 2.79 bits per heavy atom. The third kappa shape index (κ3) is 5.20. The number of likely N-dealkylation sites (N-methyl/N-ethyl adjacent to an activating group) is 1. The second-order valence-electron chi connectivity index (χ2n) is 4.56. The summed E-state index contributed by atoms with van der Waals surface area (Å²) >= 11 is 1.76. The molecule has 0 heterocycles. The van der Waals surface area contributed by atoms with Crippen LogP contribution in [-0.2, 0) is 4.79 Å². The third-order valence-electron chi connectivity index (χ3n) is 2.75. The number of carbonyl (C=O) groups excluding carboxylic acids is 1. The van der Waals surface area contributed by atoms with Gasteiger partial charge in [-0.1, -0.05) is 12.1 Å². The third-order valence-corrected chi connectivity index (χ3v) is 3.45. The fourth-order valence-corrected chi connectivity index (χ4v) is 2.32. The molecule has 1 atom stereocenters. The van der Waals surface area contributed by atoms with Gasteiger partial charge in [0.1, 0.15) is 11.9 Å². The molecule has 1 aromatic carbocycles. The number of nitrogens with one attached hydrogen (secondary N) is 1. The second kappa shape index (κ2) is 8.17. The number of carbonyl (C=O) groups is 1. The Labute approximate surface area is 118 Å². The quantitative estimate of drug-likeness (QED) is 0.780. The van der Waals surface area contributed by atoms with Gasteiger partial charge in [0.25, 0.3) is 0 Å². The van der Waals surface area contributed by atoms with Crippen LogP contribution in [0.3, 0.4) is 0 Å². The van der Waals surface area contributed by atoms with Crippen molar-refractivity contribution in [1.82, 2.24) is 10.2 Å². The number of nitrogens with zero attached hydrogens (tertiary/aromatic N) is 1. The van der Waals surface area contributed by atoms with E-state index in [-0.39, 0.29) is 11.7 Å². The van der Waals surface area contributed by atoms with Crippen LogP contribution in [0.5, 0.6) is 0 Å². The van der Waals surface area contributed by atoms with Gasteiger partial charge in [-0.15, -0.1) is 0 Å². The summed E-state index contributed by atoms with van der Waals surface area (Å²) in [5.41, 5.74) is 0.673. The molecule has 0 bridgehead atoms. The van der Waals surface area contributed by atoms with Crippen LogP contribution >= 0.6 is 11.8 Å². The lowest BCUT2D eigenvalue weighted by Gasteiger charge is -2.23. The molecule has 0 fully saturated rings. The molecule has 19 heavy (non-hydrogen) atoms. The first-order valence-corrected chi connectivity index (χ1v) is 7.64. The minimum atomic E-state index is -0.454. The van der Waals surface area contributed by atoms with Gasteiger partial charge in [0.15, 0.2) is 0 Å². The highest BCUT2D eigenvalue weighted by atomic mass is 32.2. The molecule has 1 amide bonds. The van der Waals surface area contributed by atoms with E-state index in [1.54, 1.807) is 28.8 Å². The van der Waals surface area contributed by atoms with Crippen LogP contribution in [0.15, 0.2) is 24.3 Å². The molecular formula is C14H21FN2OS. The van der Waals surface area contributed by atoms with Crippen LogP contribution in [-0.4, -0.2) is 43.5 Å². The minimum absolute atomic E-state index is 0.0864. The Morgan fingerprint density at radius 1 is 1.47 bits per heavy atom. The van der Waals surface area contributed by atoms with Crippen LogP contribution in [0.25, 0.3) is 0 Å². The molecular weight excluding hydrogens is 263 g/mol. The number of benzene rings is 1. The van der Waals surface area contributed by atoms with E-state index in [1.807, 2.05) is 20.4 Å². The van der Waals surface area contributed by atoms with E-state index in [1.165, 1.54) is 12.1 Å². The average Bonchev–Trinajstić information content (AvgIpc) is 2.34. The van der Waals surface area contributed by atoms with E-state index in [2.05, 4.69) is 5.32 Å². The lowest BCUT2D eigenvalue weighted by Crippen LogP contribution is -2.37. The zero-order valence-electron chi connectivity index (χ0n) is 11.6. The maximum Gasteiger partial charge on any atom is 0.241 e. The van der Waals surface area contributed by atoms with E-state index in [4.69, 9.17) is 0 Å². The Hall–Kier alpha value is -1.07. The Bertz CT molecular complexity index is 412. The van der Waals surface area contributed by atoms with Crippen LogP contribution in [0.4, 0.5) is 4.39 Å². The summed E-state index contributed by atoms with van der Waals surface area (Å²) < 4.78 is 13.3. The maximum atomic E-state index is 13.3. The molecule has 0 aromatic heterocycles. The molecule has 1 aromatic rings. The van der Waals surface area contributed by atoms with Crippen molar-refractivity contribution in [1.29, 1.82) is 0 Å². The zero-order valence-corrected chi connectivity index (χ0v) is 12.5. The average molecular weight is 284 g/mol. The lowest BCUT2D eigenvalue weighted by atomic mass is 10.1. The lowest BCUT2D eigenvalue weighted by molar-refractivity contribution is -0.125. The maximum absolute atomic E-state index is 13.3. The zero-order chi connectivity index (χ0) is 14.3. The predicted octanol–water partition coefficient (Wildman–Crippen LogP) is 2.30. The molecule has 3 nitrogen and oxygen atoms in total. The molecule has 1 N–H and O–H groups in total. The summed E-state index contributed by atoms with van der Waals surface area (Å²) in [6, 6.07) is 5.74. The molecule has 5 heteroatoms. The fraction of sp³-hybridized carbons (Fsp3) is 0.500. The first-order valence-electron chi connectivity index (χ1n) is 6.24. The minimum Gasteiger partial charge on any atom is -0.354 e. The number of thioether (sulfide) groups is 1. The van der Waals surface area contributed by atoms with Crippen molar-refractivity contribution in [2.45, 2.75) is 12.5 Å². The van der Waals surface area contributed by atoms with Crippen molar-refractivity contribution < 1.29 is 9.18 Å². The normalized spacial score (nSPS) is 12.5. The van der Waals surface area contributed by atoms with Gasteiger partial charge in [-0.3, -0.25) is 9.69 Å². The van der Waals surface area contributed by atoms with Gasteiger partial charge in [0, 0.05) is 6.54 Å². The van der Waals surface area contributed by atoms with E-state index in [9.17, 15) is 9.18 Å². The van der Waals surface area contributed by atoms with E-state index >= 15 is 0 Å². The number of halogens is 1. The summed E-state index contributed by atoms with van der Waals surface area (Å²) in [5.74, 6) is 0.614. The van der Waals surface area contributed by atoms with E-state index < -0.39 is 6.04 Å². The fourth-order valence-electron chi connectivity index (χ4n) is 1.89. The molecule has 0 aliphatic heterocycles. The van der Waals surface area contributed by atoms with Crippen LogP contribution in [0.1, 0.15) is 18.0 Å². The van der Waals surface area contributed by atoms with Crippen molar-refractivity contribution in [2.75, 3.05) is 32.6 Å². The van der Waals surface area contributed by atoms with E-state index in [0.29, 0.717) is 12.1 Å². The number of hydrogen-bond donors (Lipinski definition) is 1. The monoisotopic (exact) mass is 284 g/mol. The van der Waals surface area contributed by atoms with Gasteiger partial charge in [-0.25, -0.2) is 4.39 Å². The standard InChI is InChI=1S/C14H21FN2OS/c1-17(2)13(11-6-4-7-12(15)10-11)14(18)16-8-5-9-19-3/h4,6-7,10,13H,5,8-9H2,1-3H3,(H,16,18). The topological polar surface area (TPSA) is 32.3 Å². The molecule has 1 rings (SSSR count). The molecule has 0 spiro atoms. The van der Waals surface area contributed by atoms with E-state index in [0.717, 1.165) is 12.2 Å². The summed E-state index contributed by atoms with van der Waals surface area (Å²) in [7, 11) is 3.63. The summed E-state index contributed by atoms with van der Waals surface area (Å²) in [6.45, 7) is 0.652. The molecule has 1 unspecified atom stereocenters. The van der Waals surface area contributed by atoms with Gasteiger partial charge in [0.2, 0.25) is 5.91 Å². The Balaban J connectivity index is 2.69. The van der Waals surface area contributed by atoms with Crippen molar-refractivity contribution in [3.63, 3.8) is 0 Å². The highest BCUT2D eigenvalue weighted by molar-refractivity contribution is 7.98. The first-order chi connectivity index (χ1) is 9.06. The van der Waals surface area contributed by atoms with Crippen molar-refractivity contribution in [3.05, 3.63) is 35.6 Å². The number of amides is 1. The number of hydrogen-bond acceptors (Lipinski definition) is 3. The molecule has 0 radical (unpaired) electrons. The van der Waals surface area contributed by atoms with Crippen molar-refractivity contribution in [3.8, 4) is 0 Å². The number of rotatable bonds is 7. The van der Waals surface area contributed by atoms with Gasteiger partial charge < -0.3 is 5.32 Å². The highest BCUT2D eigenvalue weighted by Gasteiger charge is 2.22. The molecule has 106 valence electrons. The van der Waals surface area contributed by atoms with Gasteiger partial charge in [-0.05, 0) is 50.2 Å². The summed E-state index contributed by atoms with van der Waals surface area (Å²) in [6.07, 6.45) is 2.98. The van der Waals surface area contributed by atoms with Gasteiger partial charge in [0.05, 0.1) is 0 Å². The second-order valence-corrected chi connectivity index (χ2v) is 5.54.